The fraction of sp³-hybridized carbons (Fsp3) is 0.278. The molecular weight excluding hydrogens is 336 g/mol. The summed E-state index contributed by atoms with van der Waals surface area (Å²) in [4.78, 5) is 23.7. The summed E-state index contributed by atoms with van der Waals surface area (Å²) in [5.41, 5.74) is 7.66. The Bertz CT molecular complexity index is 941. The first-order valence-corrected chi connectivity index (χ1v) is 8.98. The van der Waals surface area contributed by atoms with E-state index in [9.17, 15) is 9.90 Å². The number of thiophene rings is 1. The standard InChI is InChI=1S/C18H18N4O2S/c1-10-20-17(22-8-12(23)7-14(22)16(19)24)15-13(9-25-18(15)21-10)11-5-3-2-4-6-11/h2-6,9,12,14,23H,7-8H2,1H3,(H2,19,24)/t12-,14-/m1/s1. The molecule has 6 nitrogen and oxygen atoms in total. The number of primary amides is 1. The lowest BCUT2D eigenvalue weighted by Crippen LogP contribution is -2.41. The zero-order valence-electron chi connectivity index (χ0n) is 13.7. The summed E-state index contributed by atoms with van der Waals surface area (Å²) in [7, 11) is 0. The number of aryl methyl sites for hydroxylation is 1. The molecule has 3 aromatic rings. The lowest BCUT2D eigenvalue weighted by molar-refractivity contribution is -0.119. The number of rotatable bonds is 3. The maximum Gasteiger partial charge on any atom is 0.240 e. The van der Waals surface area contributed by atoms with Crippen molar-refractivity contribution < 1.29 is 9.90 Å². The summed E-state index contributed by atoms with van der Waals surface area (Å²) in [5.74, 6) is 0.856. The molecule has 1 aliphatic rings. The third-order valence-corrected chi connectivity index (χ3v) is 5.36. The van der Waals surface area contributed by atoms with E-state index in [2.05, 4.69) is 15.3 Å². The van der Waals surface area contributed by atoms with Gasteiger partial charge in [-0.05, 0) is 12.5 Å². The summed E-state index contributed by atoms with van der Waals surface area (Å²) in [6, 6.07) is 9.46. The number of fused-ring (bicyclic) bond motifs is 1. The topological polar surface area (TPSA) is 92.3 Å². The molecule has 128 valence electrons. The number of nitrogens with zero attached hydrogens (tertiary/aromatic N) is 3. The van der Waals surface area contributed by atoms with Gasteiger partial charge in [-0.15, -0.1) is 11.3 Å². The van der Waals surface area contributed by atoms with Gasteiger partial charge in [0.25, 0.3) is 0 Å². The van der Waals surface area contributed by atoms with E-state index in [1.54, 1.807) is 11.3 Å². The normalized spacial score (nSPS) is 20.3. The van der Waals surface area contributed by atoms with Crippen LogP contribution in [0.1, 0.15) is 12.2 Å². The number of nitrogens with two attached hydrogens (primary N) is 1. The molecular formula is C18H18N4O2S. The molecule has 3 N–H and O–H groups in total. The predicted octanol–water partition coefficient (Wildman–Crippen LogP) is 2.09. The molecule has 2 aromatic heterocycles. The predicted molar refractivity (Wildman–Crippen MR) is 98.5 cm³/mol. The lowest BCUT2D eigenvalue weighted by atomic mass is 10.1. The quantitative estimate of drug-likeness (QED) is 0.751. The van der Waals surface area contributed by atoms with Gasteiger partial charge in [0, 0.05) is 23.9 Å². The molecule has 1 aliphatic heterocycles. The highest BCUT2D eigenvalue weighted by Gasteiger charge is 2.37. The number of carbonyl (C=O) groups excluding carboxylic acids is 1. The molecule has 0 radical (unpaired) electrons. The van der Waals surface area contributed by atoms with E-state index in [4.69, 9.17) is 5.73 Å². The highest BCUT2D eigenvalue weighted by atomic mass is 32.1. The van der Waals surface area contributed by atoms with Crippen LogP contribution in [-0.4, -0.2) is 39.7 Å². The summed E-state index contributed by atoms with van der Waals surface area (Å²) in [6.07, 6.45) is -0.272. The minimum absolute atomic E-state index is 0.324. The van der Waals surface area contributed by atoms with Gasteiger partial charge in [-0.3, -0.25) is 4.79 Å². The Morgan fingerprint density at radius 2 is 2.08 bits per heavy atom. The maximum absolute atomic E-state index is 11.9. The molecule has 3 heterocycles. The van der Waals surface area contributed by atoms with Crippen molar-refractivity contribution >= 4 is 33.3 Å². The van der Waals surface area contributed by atoms with Crippen LogP contribution in [0.25, 0.3) is 21.3 Å². The molecule has 7 heteroatoms. The van der Waals surface area contributed by atoms with Crippen molar-refractivity contribution in [3.05, 3.63) is 41.5 Å². The van der Waals surface area contributed by atoms with E-state index in [0.29, 0.717) is 24.6 Å². The van der Waals surface area contributed by atoms with Gasteiger partial charge >= 0.3 is 0 Å². The van der Waals surface area contributed by atoms with Crippen LogP contribution < -0.4 is 10.6 Å². The third kappa shape index (κ3) is 2.75. The number of anilines is 1. The highest BCUT2D eigenvalue weighted by Crippen LogP contribution is 2.40. The molecule has 1 aromatic carbocycles. The summed E-state index contributed by atoms with van der Waals surface area (Å²) in [6.45, 7) is 2.17. The van der Waals surface area contributed by atoms with Gasteiger partial charge in [0.2, 0.25) is 5.91 Å². The fourth-order valence-corrected chi connectivity index (χ4v) is 4.37. The first-order chi connectivity index (χ1) is 12.0. The Morgan fingerprint density at radius 3 is 2.80 bits per heavy atom. The first kappa shape index (κ1) is 16.0. The second-order valence-electron chi connectivity index (χ2n) is 6.25. The zero-order chi connectivity index (χ0) is 17.6. The Labute approximate surface area is 148 Å². The van der Waals surface area contributed by atoms with Crippen molar-refractivity contribution in [1.29, 1.82) is 0 Å². The second kappa shape index (κ2) is 6.09. The molecule has 1 amide bonds. The van der Waals surface area contributed by atoms with Crippen LogP contribution >= 0.6 is 11.3 Å². The molecule has 0 unspecified atom stereocenters. The van der Waals surface area contributed by atoms with Gasteiger partial charge < -0.3 is 15.7 Å². The largest absolute Gasteiger partial charge is 0.391 e. The minimum Gasteiger partial charge on any atom is -0.391 e. The van der Waals surface area contributed by atoms with Crippen molar-refractivity contribution in [3.8, 4) is 11.1 Å². The fourth-order valence-electron chi connectivity index (χ4n) is 3.38. The number of hydrogen-bond donors (Lipinski definition) is 2. The van der Waals surface area contributed by atoms with Crippen molar-refractivity contribution in [3.63, 3.8) is 0 Å². The van der Waals surface area contributed by atoms with Crippen LogP contribution in [0.5, 0.6) is 0 Å². The van der Waals surface area contributed by atoms with E-state index in [0.717, 1.165) is 21.3 Å². The monoisotopic (exact) mass is 354 g/mol. The van der Waals surface area contributed by atoms with Crippen molar-refractivity contribution in [2.24, 2.45) is 5.73 Å². The number of amides is 1. The average molecular weight is 354 g/mol. The molecule has 0 saturated carbocycles. The average Bonchev–Trinajstić information content (AvgIpc) is 3.18. The van der Waals surface area contributed by atoms with Crippen LogP contribution in [0.2, 0.25) is 0 Å². The SMILES string of the molecule is Cc1nc(N2C[C@H](O)C[C@@H]2C(N)=O)c2c(-c3ccccc3)csc2n1. The highest BCUT2D eigenvalue weighted by molar-refractivity contribution is 7.17. The van der Waals surface area contributed by atoms with Gasteiger partial charge in [0.1, 0.15) is 22.5 Å². The number of β-amino-alcohol motifs (C(OH)–C–C–N with tert-alkyl or cyclic N) is 1. The number of hydrogen-bond acceptors (Lipinski definition) is 6. The van der Waals surface area contributed by atoms with Gasteiger partial charge in [0.05, 0.1) is 11.5 Å². The van der Waals surface area contributed by atoms with E-state index >= 15 is 0 Å². The van der Waals surface area contributed by atoms with Gasteiger partial charge in [-0.1, -0.05) is 30.3 Å². The van der Waals surface area contributed by atoms with Crippen LogP contribution in [-0.2, 0) is 4.79 Å². The summed E-state index contributed by atoms with van der Waals surface area (Å²) < 4.78 is 0. The van der Waals surface area contributed by atoms with Gasteiger partial charge in [0.15, 0.2) is 0 Å². The van der Waals surface area contributed by atoms with E-state index in [-0.39, 0.29) is 0 Å². The molecule has 0 bridgehead atoms. The van der Waals surface area contributed by atoms with Crippen molar-refractivity contribution in [1.82, 2.24) is 9.97 Å². The van der Waals surface area contributed by atoms with Gasteiger partial charge in [-0.25, -0.2) is 9.97 Å². The van der Waals surface area contributed by atoms with Crippen LogP contribution in [0.4, 0.5) is 5.82 Å². The molecule has 1 fully saturated rings. The molecule has 0 spiro atoms. The molecule has 4 rings (SSSR count). The number of carbonyl (C=O) groups is 1. The first-order valence-electron chi connectivity index (χ1n) is 8.10. The number of aromatic nitrogens is 2. The number of benzene rings is 1. The Balaban J connectivity index is 1.94. The summed E-state index contributed by atoms with van der Waals surface area (Å²) in [5, 5.41) is 13.0. The maximum atomic E-state index is 11.9. The Hall–Kier alpha value is -2.51. The van der Waals surface area contributed by atoms with E-state index < -0.39 is 18.1 Å². The van der Waals surface area contributed by atoms with E-state index in [1.807, 2.05) is 42.2 Å². The molecule has 2 atom stereocenters. The zero-order valence-corrected chi connectivity index (χ0v) is 14.5. The minimum atomic E-state index is -0.596. The van der Waals surface area contributed by atoms with Crippen LogP contribution in [0.3, 0.4) is 0 Å². The molecule has 1 saturated heterocycles. The number of aliphatic hydroxyl groups excluding tert-OH is 1. The Kier molecular flexibility index (Phi) is 3.89. The second-order valence-corrected chi connectivity index (χ2v) is 7.11. The summed E-state index contributed by atoms with van der Waals surface area (Å²) >= 11 is 1.55. The van der Waals surface area contributed by atoms with Crippen LogP contribution in [0, 0.1) is 6.92 Å². The number of aliphatic hydroxyl groups is 1. The van der Waals surface area contributed by atoms with Crippen LogP contribution in [0.15, 0.2) is 35.7 Å². The third-order valence-electron chi connectivity index (χ3n) is 4.49. The molecule has 25 heavy (non-hydrogen) atoms. The smallest absolute Gasteiger partial charge is 0.240 e. The molecule has 0 aliphatic carbocycles. The lowest BCUT2D eigenvalue weighted by Gasteiger charge is -2.24. The van der Waals surface area contributed by atoms with E-state index in [1.165, 1.54) is 0 Å². The Morgan fingerprint density at radius 1 is 1.32 bits per heavy atom. The van der Waals surface area contributed by atoms with Crippen molar-refractivity contribution in [2.45, 2.75) is 25.5 Å². The van der Waals surface area contributed by atoms with Crippen molar-refractivity contribution in [2.75, 3.05) is 11.4 Å². The van der Waals surface area contributed by atoms with Gasteiger partial charge in [-0.2, -0.15) is 0 Å².